The van der Waals surface area contributed by atoms with Gasteiger partial charge in [0.15, 0.2) is 5.50 Å². The van der Waals surface area contributed by atoms with Crippen LogP contribution in [0.3, 0.4) is 0 Å². The molecule has 1 unspecified atom stereocenters. The van der Waals surface area contributed by atoms with Crippen LogP contribution in [0, 0.1) is 5.82 Å². The molecule has 0 radical (unpaired) electrons. The highest BCUT2D eigenvalue weighted by Gasteiger charge is 2.37. The molecule has 1 fully saturated rings. The predicted molar refractivity (Wildman–Crippen MR) is 128 cm³/mol. The Labute approximate surface area is 206 Å². The summed E-state index contributed by atoms with van der Waals surface area (Å²) in [5.41, 5.74) is 7.23. The Morgan fingerprint density at radius 1 is 1.24 bits per heavy atom. The average molecular weight is 506 g/mol. The topological polar surface area (TPSA) is 112 Å². The summed E-state index contributed by atoms with van der Waals surface area (Å²) in [6.07, 6.45) is 1.53. The first-order chi connectivity index (χ1) is 16.4. The van der Waals surface area contributed by atoms with Gasteiger partial charge in [-0.05, 0) is 43.2 Å². The molecule has 2 amide bonds. The fourth-order valence-electron chi connectivity index (χ4n) is 4.18. The van der Waals surface area contributed by atoms with Crippen molar-refractivity contribution in [3.05, 3.63) is 75.3 Å². The SMILES string of the molecule is NC(=O)C1=CSC(NC(=O)c2ccc(F)c(Cl)c2)N1C1CCN(Cc2cccc(CO)n2)CC1. The highest BCUT2D eigenvalue weighted by atomic mass is 35.5. The second-order valence-corrected chi connectivity index (χ2v) is 9.51. The van der Waals surface area contributed by atoms with Crippen LogP contribution in [0.15, 0.2) is 47.5 Å². The number of benzene rings is 1. The Hall–Kier alpha value is -2.66. The molecule has 0 aliphatic carbocycles. The molecule has 1 saturated heterocycles. The summed E-state index contributed by atoms with van der Waals surface area (Å²) >= 11 is 7.11. The number of pyridine rings is 1. The number of nitrogens with zero attached hydrogens (tertiary/aromatic N) is 3. The number of aliphatic hydroxyl groups is 1. The van der Waals surface area contributed by atoms with Gasteiger partial charge in [-0.15, -0.1) is 0 Å². The molecule has 0 spiro atoms. The number of carbonyl (C=O) groups excluding carboxylic acids is 2. The number of hydrogen-bond acceptors (Lipinski definition) is 7. The standard InChI is InChI=1S/C23H25ClFN5O3S/c24-18-10-14(4-5-19(18)25)22(33)28-23-30(20(13-34-23)21(26)32)17-6-8-29(9-7-17)11-15-2-1-3-16(12-31)27-15/h1-5,10,13,17,23,31H,6-9,11-12H2,(H2,26,32)(H,28,33). The van der Waals surface area contributed by atoms with E-state index in [2.05, 4.69) is 15.2 Å². The van der Waals surface area contributed by atoms with Gasteiger partial charge in [0.2, 0.25) is 0 Å². The molecular weight excluding hydrogens is 481 g/mol. The lowest BCUT2D eigenvalue weighted by atomic mass is 10.0. The van der Waals surface area contributed by atoms with E-state index in [1.54, 1.807) is 11.5 Å². The van der Waals surface area contributed by atoms with E-state index in [0.717, 1.165) is 37.7 Å². The van der Waals surface area contributed by atoms with Gasteiger partial charge in [-0.1, -0.05) is 29.4 Å². The maximum Gasteiger partial charge on any atom is 0.265 e. The molecule has 4 N–H and O–H groups in total. The zero-order valence-corrected chi connectivity index (χ0v) is 19.9. The summed E-state index contributed by atoms with van der Waals surface area (Å²) in [4.78, 5) is 33.5. The van der Waals surface area contributed by atoms with Gasteiger partial charge in [-0.2, -0.15) is 0 Å². The number of carbonyl (C=O) groups is 2. The lowest BCUT2D eigenvalue weighted by Crippen LogP contribution is -2.52. The van der Waals surface area contributed by atoms with Crippen LogP contribution in [0.4, 0.5) is 4.39 Å². The van der Waals surface area contributed by atoms with Crippen LogP contribution in [0.5, 0.6) is 0 Å². The van der Waals surface area contributed by atoms with Gasteiger partial charge in [0.1, 0.15) is 11.5 Å². The number of aromatic nitrogens is 1. The van der Waals surface area contributed by atoms with Gasteiger partial charge in [0.05, 0.1) is 23.0 Å². The van der Waals surface area contributed by atoms with Crippen LogP contribution in [0.25, 0.3) is 0 Å². The highest BCUT2D eigenvalue weighted by Crippen LogP contribution is 2.35. The zero-order chi connectivity index (χ0) is 24.2. The number of rotatable bonds is 7. The smallest absolute Gasteiger partial charge is 0.265 e. The van der Waals surface area contributed by atoms with E-state index in [1.807, 2.05) is 17.0 Å². The van der Waals surface area contributed by atoms with Crippen LogP contribution in [0.2, 0.25) is 5.02 Å². The van der Waals surface area contributed by atoms with E-state index in [-0.39, 0.29) is 23.2 Å². The summed E-state index contributed by atoms with van der Waals surface area (Å²) in [5, 5.41) is 13.7. The average Bonchev–Trinajstić information content (AvgIpc) is 3.25. The third kappa shape index (κ3) is 5.52. The van der Waals surface area contributed by atoms with Crippen molar-refractivity contribution in [1.82, 2.24) is 20.1 Å². The van der Waals surface area contributed by atoms with Crippen molar-refractivity contribution < 1.29 is 19.1 Å². The number of piperidine rings is 1. The van der Waals surface area contributed by atoms with Crippen molar-refractivity contribution in [2.75, 3.05) is 13.1 Å². The van der Waals surface area contributed by atoms with Crippen molar-refractivity contribution in [2.24, 2.45) is 5.73 Å². The quantitative estimate of drug-likeness (QED) is 0.530. The zero-order valence-electron chi connectivity index (χ0n) is 18.3. The Morgan fingerprint density at radius 3 is 2.65 bits per heavy atom. The van der Waals surface area contributed by atoms with Crippen molar-refractivity contribution in [2.45, 2.75) is 37.5 Å². The van der Waals surface area contributed by atoms with Crippen LogP contribution >= 0.6 is 23.4 Å². The largest absolute Gasteiger partial charge is 0.390 e. The van der Waals surface area contributed by atoms with E-state index in [4.69, 9.17) is 17.3 Å². The van der Waals surface area contributed by atoms with Crippen LogP contribution in [-0.2, 0) is 17.9 Å². The molecule has 4 rings (SSSR count). The summed E-state index contributed by atoms with van der Waals surface area (Å²) in [6, 6.07) is 9.39. The third-order valence-corrected chi connectivity index (χ3v) is 7.14. The van der Waals surface area contributed by atoms with Crippen molar-refractivity contribution in [3.63, 3.8) is 0 Å². The highest BCUT2D eigenvalue weighted by molar-refractivity contribution is 8.02. The van der Waals surface area contributed by atoms with E-state index >= 15 is 0 Å². The summed E-state index contributed by atoms with van der Waals surface area (Å²) < 4.78 is 13.5. The van der Waals surface area contributed by atoms with Gasteiger partial charge in [-0.25, -0.2) is 4.39 Å². The molecule has 1 aromatic heterocycles. The Bertz CT molecular complexity index is 1110. The predicted octanol–water partition coefficient (Wildman–Crippen LogP) is 2.42. The minimum absolute atomic E-state index is 0.00356. The molecular formula is C23H25ClFN5O3S. The lowest BCUT2D eigenvalue weighted by molar-refractivity contribution is -0.116. The molecule has 34 heavy (non-hydrogen) atoms. The Balaban J connectivity index is 1.41. The van der Waals surface area contributed by atoms with Crippen LogP contribution in [0.1, 0.15) is 34.6 Å². The molecule has 3 heterocycles. The summed E-state index contributed by atoms with van der Waals surface area (Å²) in [5.74, 6) is -1.57. The first-order valence-corrected chi connectivity index (χ1v) is 12.2. The molecule has 2 aromatic rings. The molecule has 0 bridgehead atoms. The van der Waals surface area contributed by atoms with Crippen molar-refractivity contribution in [1.29, 1.82) is 0 Å². The van der Waals surface area contributed by atoms with Gasteiger partial charge < -0.3 is 21.1 Å². The number of nitrogens with two attached hydrogens (primary N) is 1. The van der Waals surface area contributed by atoms with E-state index in [1.165, 1.54) is 23.9 Å². The molecule has 8 nitrogen and oxygen atoms in total. The minimum atomic E-state index is -0.599. The minimum Gasteiger partial charge on any atom is -0.390 e. The second-order valence-electron chi connectivity index (χ2n) is 8.15. The number of hydrogen-bond donors (Lipinski definition) is 3. The Kier molecular flexibility index (Phi) is 7.72. The van der Waals surface area contributed by atoms with E-state index in [9.17, 15) is 19.1 Å². The fourth-order valence-corrected chi connectivity index (χ4v) is 5.45. The van der Waals surface area contributed by atoms with Gasteiger partial charge in [0.25, 0.3) is 11.8 Å². The molecule has 1 atom stereocenters. The molecule has 2 aliphatic heterocycles. The normalized spacial score (nSPS) is 19.2. The van der Waals surface area contributed by atoms with E-state index < -0.39 is 23.1 Å². The Morgan fingerprint density at radius 2 is 1.97 bits per heavy atom. The van der Waals surface area contributed by atoms with E-state index in [0.29, 0.717) is 17.9 Å². The second kappa shape index (κ2) is 10.7. The van der Waals surface area contributed by atoms with Gasteiger partial charge >= 0.3 is 0 Å². The summed E-state index contributed by atoms with van der Waals surface area (Å²) in [7, 11) is 0. The molecule has 1 aromatic carbocycles. The number of aliphatic hydroxyl groups excluding tert-OH is 1. The van der Waals surface area contributed by atoms with Crippen LogP contribution in [-0.4, -0.2) is 56.3 Å². The van der Waals surface area contributed by atoms with Gasteiger partial charge in [-0.3, -0.25) is 19.5 Å². The first kappa shape index (κ1) is 24.5. The number of primary amides is 1. The van der Waals surface area contributed by atoms with Gasteiger partial charge in [0, 0.05) is 36.6 Å². The third-order valence-electron chi connectivity index (χ3n) is 5.89. The van der Waals surface area contributed by atoms with Crippen molar-refractivity contribution in [3.8, 4) is 0 Å². The molecule has 2 aliphatic rings. The monoisotopic (exact) mass is 505 g/mol. The number of amides is 2. The molecule has 0 saturated carbocycles. The first-order valence-electron chi connectivity index (χ1n) is 10.8. The number of thioether (sulfide) groups is 1. The number of nitrogens with one attached hydrogen (secondary N) is 1. The number of likely N-dealkylation sites (tertiary alicyclic amines) is 1. The molecule has 11 heteroatoms. The summed E-state index contributed by atoms with van der Waals surface area (Å²) in [6.45, 7) is 2.12. The maximum atomic E-state index is 13.5. The molecule has 180 valence electrons. The fraction of sp³-hybridized carbons (Fsp3) is 0.348. The number of halogens is 2. The van der Waals surface area contributed by atoms with Crippen molar-refractivity contribution >= 4 is 35.2 Å². The van der Waals surface area contributed by atoms with Crippen LogP contribution < -0.4 is 11.1 Å². The lowest BCUT2D eigenvalue weighted by Gasteiger charge is -2.41. The maximum absolute atomic E-state index is 13.5.